The number of para-hydroxylation sites is 1. The molecule has 5 nitrogen and oxygen atoms in total. The lowest BCUT2D eigenvalue weighted by atomic mass is 10.1. The standard InChI is InChI=1S/C21H26N2O3/c1-14(2)11-12-26-20-8-6-5-7-18(20)21(25)23-17-10-9-15(3)19(13-17)22-16(4)24/h5-10,13-14H,11-12H2,1-4H3,(H,22,24)(H,23,25). The van der Waals surface area contributed by atoms with Crippen molar-refractivity contribution in [1.29, 1.82) is 0 Å². The molecule has 0 spiro atoms. The van der Waals surface area contributed by atoms with Gasteiger partial charge in [0, 0.05) is 18.3 Å². The van der Waals surface area contributed by atoms with E-state index < -0.39 is 0 Å². The van der Waals surface area contributed by atoms with Crippen LogP contribution < -0.4 is 15.4 Å². The summed E-state index contributed by atoms with van der Waals surface area (Å²) in [6.07, 6.45) is 0.925. The van der Waals surface area contributed by atoms with Gasteiger partial charge in [-0.1, -0.05) is 32.0 Å². The summed E-state index contributed by atoms with van der Waals surface area (Å²) in [6.45, 7) is 8.18. The summed E-state index contributed by atoms with van der Waals surface area (Å²) in [5.41, 5.74) is 2.70. The fourth-order valence-corrected chi connectivity index (χ4v) is 2.41. The molecule has 0 aliphatic carbocycles. The molecule has 2 aromatic rings. The van der Waals surface area contributed by atoms with Crippen LogP contribution >= 0.6 is 0 Å². The van der Waals surface area contributed by atoms with E-state index in [1.54, 1.807) is 24.3 Å². The van der Waals surface area contributed by atoms with Crippen molar-refractivity contribution in [2.24, 2.45) is 5.92 Å². The van der Waals surface area contributed by atoms with Crippen LogP contribution in [0, 0.1) is 12.8 Å². The minimum absolute atomic E-state index is 0.152. The van der Waals surface area contributed by atoms with Gasteiger partial charge in [-0.3, -0.25) is 9.59 Å². The van der Waals surface area contributed by atoms with Crippen molar-refractivity contribution in [1.82, 2.24) is 0 Å². The molecular weight excluding hydrogens is 328 g/mol. The van der Waals surface area contributed by atoms with Gasteiger partial charge in [-0.2, -0.15) is 0 Å². The van der Waals surface area contributed by atoms with Crippen molar-refractivity contribution in [3.8, 4) is 5.75 Å². The lowest BCUT2D eigenvalue weighted by Crippen LogP contribution is -2.15. The van der Waals surface area contributed by atoms with Gasteiger partial charge >= 0.3 is 0 Å². The van der Waals surface area contributed by atoms with Crippen molar-refractivity contribution in [2.45, 2.75) is 34.1 Å². The molecule has 2 N–H and O–H groups in total. The largest absolute Gasteiger partial charge is 0.493 e. The Morgan fingerprint density at radius 1 is 1.08 bits per heavy atom. The molecule has 0 heterocycles. The van der Waals surface area contributed by atoms with E-state index in [2.05, 4.69) is 24.5 Å². The molecule has 0 radical (unpaired) electrons. The summed E-state index contributed by atoms with van der Waals surface area (Å²) in [7, 11) is 0. The Balaban J connectivity index is 2.14. The Morgan fingerprint density at radius 2 is 1.81 bits per heavy atom. The summed E-state index contributed by atoms with van der Waals surface area (Å²) >= 11 is 0. The van der Waals surface area contributed by atoms with Gasteiger partial charge < -0.3 is 15.4 Å². The lowest BCUT2D eigenvalue weighted by molar-refractivity contribution is -0.114. The van der Waals surface area contributed by atoms with E-state index in [0.29, 0.717) is 35.2 Å². The van der Waals surface area contributed by atoms with Crippen molar-refractivity contribution < 1.29 is 14.3 Å². The number of anilines is 2. The number of ether oxygens (including phenoxy) is 1. The molecule has 0 bridgehead atoms. The zero-order valence-corrected chi connectivity index (χ0v) is 15.8. The number of rotatable bonds is 7. The molecule has 2 aromatic carbocycles. The maximum atomic E-state index is 12.7. The predicted molar refractivity (Wildman–Crippen MR) is 105 cm³/mol. The lowest BCUT2D eigenvalue weighted by Gasteiger charge is -2.14. The highest BCUT2D eigenvalue weighted by Gasteiger charge is 2.13. The number of hydrogen-bond donors (Lipinski definition) is 2. The predicted octanol–water partition coefficient (Wildman–Crippen LogP) is 4.63. The normalized spacial score (nSPS) is 10.5. The first-order valence-electron chi connectivity index (χ1n) is 8.78. The SMILES string of the molecule is CC(=O)Nc1cc(NC(=O)c2ccccc2OCCC(C)C)ccc1C. The van der Waals surface area contributed by atoms with Gasteiger partial charge in [-0.05, 0) is 49.1 Å². The number of carbonyl (C=O) groups excluding carboxylic acids is 2. The van der Waals surface area contributed by atoms with E-state index in [9.17, 15) is 9.59 Å². The molecule has 138 valence electrons. The van der Waals surface area contributed by atoms with Crippen LogP contribution in [0.3, 0.4) is 0 Å². The molecule has 2 rings (SSSR count). The molecule has 0 atom stereocenters. The molecular formula is C21H26N2O3. The van der Waals surface area contributed by atoms with E-state index in [0.717, 1.165) is 12.0 Å². The van der Waals surface area contributed by atoms with Gasteiger partial charge in [0.15, 0.2) is 0 Å². The molecule has 5 heteroatoms. The van der Waals surface area contributed by atoms with Crippen molar-refractivity contribution in [3.05, 3.63) is 53.6 Å². The minimum Gasteiger partial charge on any atom is -0.493 e. The Hall–Kier alpha value is -2.82. The van der Waals surface area contributed by atoms with E-state index >= 15 is 0 Å². The Labute approximate surface area is 154 Å². The molecule has 0 aliphatic rings. The van der Waals surface area contributed by atoms with E-state index in [-0.39, 0.29) is 11.8 Å². The first-order chi connectivity index (χ1) is 12.4. The summed E-state index contributed by atoms with van der Waals surface area (Å²) in [6, 6.07) is 12.6. The molecule has 0 saturated carbocycles. The highest BCUT2D eigenvalue weighted by molar-refractivity contribution is 6.06. The zero-order chi connectivity index (χ0) is 19.1. The number of nitrogens with one attached hydrogen (secondary N) is 2. The van der Waals surface area contributed by atoms with Crippen molar-refractivity contribution in [3.63, 3.8) is 0 Å². The fraction of sp³-hybridized carbons (Fsp3) is 0.333. The van der Waals surface area contributed by atoms with Crippen LogP contribution in [0.25, 0.3) is 0 Å². The fourth-order valence-electron chi connectivity index (χ4n) is 2.41. The summed E-state index contributed by atoms with van der Waals surface area (Å²) in [4.78, 5) is 24.0. The summed E-state index contributed by atoms with van der Waals surface area (Å²) in [5, 5.41) is 5.63. The quantitative estimate of drug-likeness (QED) is 0.762. The topological polar surface area (TPSA) is 67.4 Å². The van der Waals surface area contributed by atoms with Gasteiger partial charge in [0.1, 0.15) is 5.75 Å². The van der Waals surface area contributed by atoms with Crippen molar-refractivity contribution >= 4 is 23.2 Å². The van der Waals surface area contributed by atoms with Crippen molar-refractivity contribution in [2.75, 3.05) is 17.2 Å². The molecule has 26 heavy (non-hydrogen) atoms. The molecule has 0 aromatic heterocycles. The Kier molecular flexibility index (Phi) is 6.78. The van der Waals surface area contributed by atoms with Crippen LogP contribution in [-0.4, -0.2) is 18.4 Å². The molecule has 2 amide bonds. The Bertz CT molecular complexity index is 785. The van der Waals surface area contributed by atoms with Gasteiger partial charge in [0.25, 0.3) is 5.91 Å². The number of amides is 2. The van der Waals surface area contributed by atoms with Gasteiger partial charge in [-0.25, -0.2) is 0 Å². The Morgan fingerprint density at radius 3 is 2.50 bits per heavy atom. The zero-order valence-electron chi connectivity index (χ0n) is 15.8. The van der Waals surface area contributed by atoms with Crippen LogP contribution in [0.5, 0.6) is 5.75 Å². The second kappa shape index (κ2) is 9.04. The van der Waals surface area contributed by atoms with Crippen LogP contribution in [-0.2, 0) is 4.79 Å². The average molecular weight is 354 g/mol. The van der Waals surface area contributed by atoms with Crippen LogP contribution in [0.1, 0.15) is 43.1 Å². The first kappa shape index (κ1) is 19.5. The van der Waals surface area contributed by atoms with Gasteiger partial charge in [-0.15, -0.1) is 0 Å². The van der Waals surface area contributed by atoms with Gasteiger partial charge in [0.05, 0.1) is 12.2 Å². The highest BCUT2D eigenvalue weighted by atomic mass is 16.5. The number of aryl methyl sites for hydroxylation is 1. The third-order valence-electron chi connectivity index (χ3n) is 3.89. The molecule has 0 saturated heterocycles. The summed E-state index contributed by atoms with van der Waals surface area (Å²) < 4.78 is 5.78. The molecule has 0 unspecified atom stereocenters. The second-order valence-electron chi connectivity index (χ2n) is 6.69. The summed E-state index contributed by atoms with van der Waals surface area (Å²) in [5.74, 6) is 0.707. The third kappa shape index (κ3) is 5.62. The monoisotopic (exact) mass is 354 g/mol. The molecule has 0 aliphatic heterocycles. The van der Waals surface area contributed by atoms with E-state index in [1.165, 1.54) is 6.92 Å². The maximum absolute atomic E-state index is 12.7. The second-order valence-corrected chi connectivity index (χ2v) is 6.69. The molecule has 0 fully saturated rings. The smallest absolute Gasteiger partial charge is 0.259 e. The van der Waals surface area contributed by atoms with Crippen LogP contribution in [0.2, 0.25) is 0 Å². The number of carbonyl (C=O) groups is 2. The third-order valence-corrected chi connectivity index (χ3v) is 3.89. The highest BCUT2D eigenvalue weighted by Crippen LogP contribution is 2.23. The minimum atomic E-state index is -0.247. The van der Waals surface area contributed by atoms with Crippen LogP contribution in [0.15, 0.2) is 42.5 Å². The number of benzene rings is 2. The average Bonchev–Trinajstić information content (AvgIpc) is 2.57. The number of hydrogen-bond acceptors (Lipinski definition) is 3. The van der Waals surface area contributed by atoms with E-state index in [1.807, 2.05) is 25.1 Å². The van der Waals surface area contributed by atoms with Crippen LogP contribution in [0.4, 0.5) is 11.4 Å². The first-order valence-corrected chi connectivity index (χ1v) is 8.78. The van der Waals surface area contributed by atoms with E-state index in [4.69, 9.17) is 4.74 Å². The maximum Gasteiger partial charge on any atom is 0.259 e. The van der Waals surface area contributed by atoms with Gasteiger partial charge in [0.2, 0.25) is 5.91 Å².